The molecule has 19 heavy (non-hydrogen) atoms. The Bertz CT molecular complexity index is 753. The molecule has 2 aromatic heterocycles. The Hall–Kier alpha value is -2.40. The molecular weight excluding hydrogens is 264 g/mol. The van der Waals surface area contributed by atoms with E-state index in [0.29, 0.717) is 16.7 Å². The Morgan fingerprint density at radius 3 is 2.84 bits per heavy atom. The number of para-hydroxylation sites is 1. The molecule has 0 fully saturated rings. The van der Waals surface area contributed by atoms with Crippen LogP contribution in [0.4, 0.5) is 5.82 Å². The van der Waals surface area contributed by atoms with Gasteiger partial charge in [-0.25, -0.2) is 4.98 Å². The summed E-state index contributed by atoms with van der Waals surface area (Å²) < 4.78 is 0. The maximum absolute atomic E-state index is 12.1. The van der Waals surface area contributed by atoms with Crippen LogP contribution in [0, 0.1) is 0 Å². The number of hydrogen-bond acceptors (Lipinski definition) is 3. The maximum Gasteiger partial charge on any atom is 0.277 e. The molecule has 0 radical (unpaired) electrons. The lowest BCUT2D eigenvalue weighted by atomic mass is 10.2. The van der Waals surface area contributed by atoms with Crippen LogP contribution in [-0.2, 0) is 0 Å². The zero-order valence-corrected chi connectivity index (χ0v) is 10.5. The fourth-order valence-electron chi connectivity index (χ4n) is 1.79. The van der Waals surface area contributed by atoms with Crippen LogP contribution in [0.1, 0.15) is 10.5 Å². The quantitative estimate of drug-likeness (QED) is 0.705. The smallest absolute Gasteiger partial charge is 0.277 e. The molecule has 5 nitrogen and oxygen atoms in total. The molecule has 0 saturated heterocycles. The lowest BCUT2D eigenvalue weighted by molar-refractivity contribution is 0.102. The van der Waals surface area contributed by atoms with Gasteiger partial charge in [0.25, 0.3) is 5.91 Å². The van der Waals surface area contributed by atoms with E-state index in [1.807, 2.05) is 24.3 Å². The summed E-state index contributed by atoms with van der Waals surface area (Å²) in [6.07, 6.45) is 0. The number of hydrogen-bond donors (Lipinski definition) is 2. The zero-order valence-electron chi connectivity index (χ0n) is 9.72. The second-order valence-corrected chi connectivity index (χ2v) is 4.30. The Kier molecular flexibility index (Phi) is 2.89. The number of anilines is 1. The van der Waals surface area contributed by atoms with E-state index in [1.165, 1.54) is 0 Å². The van der Waals surface area contributed by atoms with Crippen molar-refractivity contribution in [1.82, 2.24) is 15.2 Å². The van der Waals surface area contributed by atoms with Crippen molar-refractivity contribution in [2.75, 3.05) is 5.32 Å². The summed E-state index contributed by atoms with van der Waals surface area (Å²) in [5.74, 6) is 0.0665. The number of amides is 1. The summed E-state index contributed by atoms with van der Waals surface area (Å²) in [4.78, 5) is 16.1. The third-order valence-electron chi connectivity index (χ3n) is 2.64. The van der Waals surface area contributed by atoms with Crippen molar-refractivity contribution in [3.05, 3.63) is 53.3 Å². The normalized spacial score (nSPS) is 10.6. The average molecular weight is 273 g/mol. The van der Waals surface area contributed by atoms with Crippen LogP contribution in [0.5, 0.6) is 0 Å². The topological polar surface area (TPSA) is 70.7 Å². The lowest BCUT2D eigenvalue weighted by Gasteiger charge is -2.02. The summed E-state index contributed by atoms with van der Waals surface area (Å²) in [6.45, 7) is 0. The van der Waals surface area contributed by atoms with Crippen molar-refractivity contribution in [3.8, 4) is 0 Å². The third kappa shape index (κ3) is 2.28. The van der Waals surface area contributed by atoms with E-state index in [2.05, 4.69) is 20.5 Å². The van der Waals surface area contributed by atoms with Gasteiger partial charge in [0.05, 0.1) is 5.52 Å². The van der Waals surface area contributed by atoms with Gasteiger partial charge in [0, 0.05) is 5.39 Å². The molecule has 0 saturated carbocycles. The SMILES string of the molecule is O=C(Nc1cccc(Cl)n1)c1n[nH]c2ccccc12. The molecule has 6 heteroatoms. The summed E-state index contributed by atoms with van der Waals surface area (Å²) in [6, 6.07) is 12.4. The van der Waals surface area contributed by atoms with E-state index in [0.717, 1.165) is 10.9 Å². The number of benzene rings is 1. The lowest BCUT2D eigenvalue weighted by Crippen LogP contribution is -2.13. The van der Waals surface area contributed by atoms with Gasteiger partial charge in [0.15, 0.2) is 5.69 Å². The molecule has 0 bridgehead atoms. The van der Waals surface area contributed by atoms with Crippen LogP contribution in [0.25, 0.3) is 10.9 Å². The first-order valence-corrected chi connectivity index (χ1v) is 5.99. The molecule has 1 aromatic carbocycles. The monoisotopic (exact) mass is 272 g/mol. The number of nitrogens with zero attached hydrogens (tertiary/aromatic N) is 2. The molecule has 0 aliphatic rings. The second kappa shape index (κ2) is 4.70. The van der Waals surface area contributed by atoms with Gasteiger partial charge in [-0.3, -0.25) is 9.89 Å². The number of nitrogens with one attached hydrogen (secondary N) is 2. The zero-order chi connectivity index (χ0) is 13.2. The predicted octanol–water partition coefficient (Wildman–Crippen LogP) is 2.86. The molecule has 0 aliphatic heterocycles. The summed E-state index contributed by atoms with van der Waals surface area (Å²) >= 11 is 5.76. The number of pyridine rings is 1. The Morgan fingerprint density at radius 2 is 2.00 bits per heavy atom. The number of carbonyl (C=O) groups is 1. The van der Waals surface area contributed by atoms with E-state index in [-0.39, 0.29) is 5.91 Å². The highest BCUT2D eigenvalue weighted by molar-refractivity contribution is 6.29. The highest BCUT2D eigenvalue weighted by Gasteiger charge is 2.14. The van der Waals surface area contributed by atoms with E-state index in [1.54, 1.807) is 18.2 Å². The molecule has 1 amide bonds. The molecular formula is C13H9ClN4O. The number of fused-ring (bicyclic) bond motifs is 1. The number of rotatable bonds is 2. The minimum Gasteiger partial charge on any atom is -0.305 e. The molecule has 0 aliphatic carbocycles. The van der Waals surface area contributed by atoms with Crippen LogP contribution in [0.2, 0.25) is 5.15 Å². The van der Waals surface area contributed by atoms with Gasteiger partial charge in [-0.15, -0.1) is 0 Å². The second-order valence-electron chi connectivity index (χ2n) is 3.92. The average Bonchev–Trinajstić information content (AvgIpc) is 2.82. The molecule has 0 spiro atoms. The van der Waals surface area contributed by atoms with Gasteiger partial charge < -0.3 is 5.32 Å². The molecule has 3 rings (SSSR count). The number of aromatic amines is 1. The minimum absolute atomic E-state index is 0.324. The number of halogens is 1. The summed E-state index contributed by atoms with van der Waals surface area (Å²) in [5.41, 5.74) is 1.14. The fourth-order valence-corrected chi connectivity index (χ4v) is 1.95. The van der Waals surface area contributed by atoms with Gasteiger partial charge in [0.2, 0.25) is 0 Å². The van der Waals surface area contributed by atoms with Crippen LogP contribution >= 0.6 is 11.6 Å². The Morgan fingerprint density at radius 1 is 1.16 bits per heavy atom. The first-order chi connectivity index (χ1) is 9.24. The van der Waals surface area contributed by atoms with Gasteiger partial charge in [-0.1, -0.05) is 35.9 Å². The van der Waals surface area contributed by atoms with Gasteiger partial charge in [-0.2, -0.15) is 5.10 Å². The van der Waals surface area contributed by atoms with Crippen LogP contribution in [0.15, 0.2) is 42.5 Å². The van der Waals surface area contributed by atoms with Crippen molar-refractivity contribution in [3.63, 3.8) is 0 Å². The van der Waals surface area contributed by atoms with Gasteiger partial charge >= 0.3 is 0 Å². The number of H-pyrrole nitrogens is 1. The maximum atomic E-state index is 12.1. The standard InChI is InChI=1S/C13H9ClN4O/c14-10-6-3-7-11(15-10)16-13(19)12-8-4-1-2-5-9(8)17-18-12/h1-7H,(H,17,18)(H,15,16,19). The first kappa shape index (κ1) is 11.7. The van der Waals surface area contributed by atoms with Crippen molar-refractivity contribution in [1.29, 1.82) is 0 Å². The van der Waals surface area contributed by atoms with Gasteiger partial charge in [-0.05, 0) is 18.2 Å². The summed E-state index contributed by atoms with van der Waals surface area (Å²) in [7, 11) is 0. The molecule has 3 aromatic rings. The Balaban J connectivity index is 1.92. The van der Waals surface area contributed by atoms with Crippen molar-refractivity contribution >= 4 is 34.2 Å². The van der Waals surface area contributed by atoms with E-state index < -0.39 is 0 Å². The van der Waals surface area contributed by atoms with Gasteiger partial charge in [0.1, 0.15) is 11.0 Å². The van der Waals surface area contributed by atoms with Crippen molar-refractivity contribution in [2.24, 2.45) is 0 Å². The highest BCUT2D eigenvalue weighted by atomic mass is 35.5. The van der Waals surface area contributed by atoms with Crippen LogP contribution in [0.3, 0.4) is 0 Å². The molecule has 0 atom stereocenters. The fraction of sp³-hybridized carbons (Fsp3) is 0. The first-order valence-electron chi connectivity index (χ1n) is 5.61. The number of carbonyl (C=O) groups excluding carboxylic acids is 1. The summed E-state index contributed by atoms with van der Waals surface area (Å²) in [5, 5.41) is 10.6. The highest BCUT2D eigenvalue weighted by Crippen LogP contribution is 2.17. The third-order valence-corrected chi connectivity index (χ3v) is 2.85. The van der Waals surface area contributed by atoms with E-state index in [4.69, 9.17) is 11.6 Å². The van der Waals surface area contributed by atoms with E-state index >= 15 is 0 Å². The molecule has 0 unspecified atom stereocenters. The van der Waals surface area contributed by atoms with Crippen LogP contribution in [-0.4, -0.2) is 21.1 Å². The van der Waals surface area contributed by atoms with E-state index in [9.17, 15) is 4.79 Å². The number of aromatic nitrogens is 3. The molecule has 2 N–H and O–H groups in total. The Labute approximate surface area is 113 Å². The van der Waals surface area contributed by atoms with Crippen molar-refractivity contribution in [2.45, 2.75) is 0 Å². The van der Waals surface area contributed by atoms with Crippen molar-refractivity contribution < 1.29 is 4.79 Å². The minimum atomic E-state index is -0.327. The van der Waals surface area contributed by atoms with Crippen LogP contribution < -0.4 is 5.32 Å². The molecule has 2 heterocycles. The largest absolute Gasteiger partial charge is 0.305 e. The molecule has 94 valence electrons. The predicted molar refractivity (Wildman–Crippen MR) is 73.3 cm³/mol.